The molecule has 0 aliphatic rings. The first-order valence-electron chi connectivity index (χ1n) is 7.25. The van der Waals surface area contributed by atoms with E-state index < -0.39 is 0 Å². The van der Waals surface area contributed by atoms with E-state index in [0.717, 1.165) is 19.6 Å². The third-order valence-electron chi connectivity index (χ3n) is 3.45. The van der Waals surface area contributed by atoms with Crippen molar-refractivity contribution in [3.8, 4) is 0 Å². The highest BCUT2D eigenvalue weighted by Crippen LogP contribution is 2.21. The third-order valence-corrected chi connectivity index (χ3v) is 5.01. The quantitative estimate of drug-likeness (QED) is 0.668. The van der Waals surface area contributed by atoms with Crippen molar-refractivity contribution in [2.45, 2.75) is 39.4 Å². The van der Waals surface area contributed by atoms with Gasteiger partial charge in [-0.25, -0.2) is 0 Å². The van der Waals surface area contributed by atoms with Gasteiger partial charge in [0.25, 0.3) is 0 Å². The van der Waals surface area contributed by atoms with Gasteiger partial charge < -0.3 is 5.32 Å². The van der Waals surface area contributed by atoms with Crippen molar-refractivity contribution in [1.29, 1.82) is 0 Å². The minimum Gasteiger partial charge on any atom is -0.313 e. The summed E-state index contributed by atoms with van der Waals surface area (Å²) in [6.07, 6.45) is 3.34. The molecule has 0 radical (unpaired) electrons. The summed E-state index contributed by atoms with van der Waals surface area (Å²) in [6, 6.07) is 7.32. The Balaban J connectivity index is 2.59. The molecule has 0 bridgehead atoms. The maximum atomic E-state index is 3.71. The molecule has 0 saturated carbocycles. The number of rotatable bonds is 9. The van der Waals surface area contributed by atoms with E-state index in [1.165, 1.54) is 27.8 Å². The molecule has 0 aliphatic carbocycles. The molecule has 0 amide bonds. The Morgan fingerprint density at radius 2 is 2.15 bits per heavy atom. The number of nitrogens with one attached hydrogen (secondary N) is 1. The number of nitrogens with zero attached hydrogens (tertiary/aromatic N) is 1. The Labute approximate surface area is 136 Å². The van der Waals surface area contributed by atoms with Crippen LogP contribution < -0.4 is 5.32 Å². The first kappa shape index (κ1) is 18.0. The summed E-state index contributed by atoms with van der Waals surface area (Å²) in [5.74, 6) is 1.17. The van der Waals surface area contributed by atoms with E-state index in [-0.39, 0.29) is 0 Å². The molecule has 1 rings (SSSR count). The van der Waals surface area contributed by atoms with Crippen LogP contribution in [0.25, 0.3) is 0 Å². The molecule has 1 aromatic carbocycles. The smallest absolute Gasteiger partial charge is 0.0245 e. The zero-order valence-electron chi connectivity index (χ0n) is 13.1. The molecule has 0 aliphatic heterocycles. The summed E-state index contributed by atoms with van der Waals surface area (Å²) in [7, 11) is 2.20. The first-order valence-corrected chi connectivity index (χ1v) is 9.44. The molecule has 4 heteroatoms. The second-order valence-electron chi connectivity index (χ2n) is 5.32. The Morgan fingerprint density at radius 3 is 2.75 bits per heavy atom. The van der Waals surface area contributed by atoms with Gasteiger partial charge in [0.2, 0.25) is 0 Å². The number of halogens is 1. The molecular weight excluding hydrogens is 332 g/mol. The van der Waals surface area contributed by atoms with Crippen LogP contribution in [0.1, 0.15) is 31.4 Å². The molecule has 1 unspecified atom stereocenters. The number of benzene rings is 1. The highest BCUT2D eigenvalue weighted by molar-refractivity contribution is 9.10. The number of thioether (sulfide) groups is 1. The van der Waals surface area contributed by atoms with Gasteiger partial charge in [0.1, 0.15) is 0 Å². The zero-order chi connectivity index (χ0) is 15.0. The fourth-order valence-corrected chi connectivity index (χ4v) is 3.32. The lowest BCUT2D eigenvalue weighted by Crippen LogP contribution is -2.30. The van der Waals surface area contributed by atoms with Crippen molar-refractivity contribution in [3.05, 3.63) is 33.8 Å². The third kappa shape index (κ3) is 6.17. The normalized spacial score (nSPS) is 12.9. The van der Waals surface area contributed by atoms with Crippen LogP contribution in [0.4, 0.5) is 0 Å². The predicted molar refractivity (Wildman–Crippen MR) is 95.5 cm³/mol. The van der Waals surface area contributed by atoms with Gasteiger partial charge in [-0.3, -0.25) is 4.90 Å². The summed E-state index contributed by atoms with van der Waals surface area (Å²) < 4.78 is 1.22. The first-order chi connectivity index (χ1) is 9.58. The van der Waals surface area contributed by atoms with Crippen molar-refractivity contribution >= 4 is 27.7 Å². The maximum Gasteiger partial charge on any atom is 0.0245 e. The Morgan fingerprint density at radius 1 is 1.40 bits per heavy atom. The molecule has 0 spiro atoms. The van der Waals surface area contributed by atoms with Gasteiger partial charge in [0.15, 0.2) is 0 Å². The summed E-state index contributed by atoms with van der Waals surface area (Å²) in [5.41, 5.74) is 2.70. The van der Waals surface area contributed by atoms with Crippen LogP contribution in [-0.2, 0) is 13.1 Å². The van der Waals surface area contributed by atoms with Crippen molar-refractivity contribution in [2.24, 2.45) is 0 Å². The van der Waals surface area contributed by atoms with Gasteiger partial charge in [-0.1, -0.05) is 35.0 Å². The molecule has 0 heterocycles. The maximum absolute atomic E-state index is 3.71. The van der Waals surface area contributed by atoms with Crippen LogP contribution in [0.2, 0.25) is 0 Å². The van der Waals surface area contributed by atoms with Gasteiger partial charge in [-0.2, -0.15) is 11.8 Å². The number of hydrogen-bond donors (Lipinski definition) is 1. The van der Waals surface area contributed by atoms with E-state index in [1.807, 2.05) is 11.8 Å². The van der Waals surface area contributed by atoms with Crippen LogP contribution in [0.15, 0.2) is 22.7 Å². The molecular formula is C16H27BrN2S. The standard InChI is InChI=1S/C16H27BrN2S/c1-5-8-18-10-14-6-7-15(16(17)9-14)11-19(3)13(2)12-20-4/h6-7,9,13,18H,5,8,10-12H2,1-4H3. The van der Waals surface area contributed by atoms with Gasteiger partial charge in [0.05, 0.1) is 0 Å². The Hall–Kier alpha value is -0.0300. The molecule has 2 nitrogen and oxygen atoms in total. The lowest BCUT2D eigenvalue weighted by Gasteiger charge is -2.24. The van der Waals surface area contributed by atoms with Gasteiger partial charge in [0, 0.05) is 29.4 Å². The average molecular weight is 359 g/mol. The van der Waals surface area contributed by atoms with Crippen molar-refractivity contribution in [3.63, 3.8) is 0 Å². The monoisotopic (exact) mass is 358 g/mol. The van der Waals surface area contributed by atoms with E-state index in [0.29, 0.717) is 6.04 Å². The Kier molecular flexibility index (Phi) is 8.85. The SMILES string of the molecule is CCCNCc1ccc(CN(C)C(C)CSC)c(Br)c1. The van der Waals surface area contributed by atoms with Crippen LogP contribution in [0.3, 0.4) is 0 Å². The van der Waals surface area contributed by atoms with Gasteiger partial charge in [-0.15, -0.1) is 0 Å². The second-order valence-corrected chi connectivity index (χ2v) is 7.09. The molecule has 1 atom stereocenters. The highest BCUT2D eigenvalue weighted by Gasteiger charge is 2.11. The molecule has 1 N–H and O–H groups in total. The van der Waals surface area contributed by atoms with E-state index >= 15 is 0 Å². The fourth-order valence-electron chi connectivity index (χ4n) is 2.03. The fraction of sp³-hybridized carbons (Fsp3) is 0.625. The van der Waals surface area contributed by atoms with E-state index in [4.69, 9.17) is 0 Å². The zero-order valence-corrected chi connectivity index (χ0v) is 15.5. The van der Waals surface area contributed by atoms with Gasteiger partial charge >= 0.3 is 0 Å². The summed E-state index contributed by atoms with van der Waals surface area (Å²) >= 11 is 5.62. The largest absolute Gasteiger partial charge is 0.313 e. The van der Waals surface area contributed by atoms with Crippen LogP contribution in [-0.4, -0.2) is 36.5 Å². The van der Waals surface area contributed by atoms with Crippen LogP contribution in [0, 0.1) is 0 Å². The second kappa shape index (κ2) is 9.82. The van der Waals surface area contributed by atoms with Crippen molar-refractivity contribution in [1.82, 2.24) is 10.2 Å². The van der Waals surface area contributed by atoms with Crippen molar-refractivity contribution in [2.75, 3.05) is 25.6 Å². The lowest BCUT2D eigenvalue weighted by molar-refractivity contribution is 0.269. The highest BCUT2D eigenvalue weighted by atomic mass is 79.9. The van der Waals surface area contributed by atoms with Crippen molar-refractivity contribution < 1.29 is 0 Å². The van der Waals surface area contributed by atoms with E-state index in [1.54, 1.807) is 0 Å². The average Bonchev–Trinajstić information content (AvgIpc) is 2.42. The molecule has 114 valence electrons. The molecule has 0 fully saturated rings. The Bertz CT molecular complexity index is 398. The number of hydrogen-bond acceptors (Lipinski definition) is 3. The predicted octanol–water partition coefficient (Wildman–Crippen LogP) is 4.13. The van der Waals surface area contributed by atoms with Gasteiger partial charge in [-0.05, 0) is 50.4 Å². The van der Waals surface area contributed by atoms with Crippen LogP contribution in [0.5, 0.6) is 0 Å². The molecule has 0 saturated heterocycles. The summed E-state index contributed by atoms with van der Waals surface area (Å²) in [6.45, 7) is 7.50. The molecule has 20 heavy (non-hydrogen) atoms. The molecule has 0 aromatic heterocycles. The minimum absolute atomic E-state index is 0.600. The van der Waals surface area contributed by atoms with E-state index in [2.05, 4.69) is 71.5 Å². The topological polar surface area (TPSA) is 15.3 Å². The molecule has 1 aromatic rings. The lowest BCUT2D eigenvalue weighted by atomic mass is 10.1. The van der Waals surface area contributed by atoms with E-state index in [9.17, 15) is 0 Å². The summed E-state index contributed by atoms with van der Waals surface area (Å²) in [5, 5.41) is 3.44. The minimum atomic E-state index is 0.600. The summed E-state index contributed by atoms with van der Waals surface area (Å²) in [4.78, 5) is 2.41. The van der Waals surface area contributed by atoms with Crippen LogP contribution >= 0.6 is 27.7 Å².